The summed E-state index contributed by atoms with van der Waals surface area (Å²) in [6, 6.07) is 1.77. The monoisotopic (exact) mass is 179 g/mol. The zero-order valence-electron chi connectivity index (χ0n) is 8.63. The van der Waals surface area contributed by atoms with E-state index >= 15 is 0 Å². The fourth-order valence-corrected chi connectivity index (χ4v) is 3.54. The number of hydrogen-bond donors (Lipinski definition) is 1. The van der Waals surface area contributed by atoms with Crippen molar-refractivity contribution in [2.45, 2.75) is 57.5 Å². The Bertz CT molecular complexity index is 186. The maximum atomic E-state index is 3.87. The van der Waals surface area contributed by atoms with Gasteiger partial charge in [-0.05, 0) is 56.3 Å². The molecule has 0 aromatic heterocycles. The maximum absolute atomic E-state index is 3.87. The zero-order chi connectivity index (χ0) is 8.84. The molecule has 0 amide bonds. The molecule has 74 valence electrons. The molecule has 3 fully saturated rings. The fraction of sp³-hybridized carbons (Fsp3) is 1.00. The molecule has 3 saturated carbocycles. The van der Waals surface area contributed by atoms with E-state index < -0.39 is 0 Å². The van der Waals surface area contributed by atoms with Gasteiger partial charge in [0.1, 0.15) is 0 Å². The third kappa shape index (κ3) is 1.63. The number of nitrogens with one attached hydrogen (secondary N) is 1. The van der Waals surface area contributed by atoms with Crippen LogP contribution in [0.5, 0.6) is 0 Å². The molecule has 0 heterocycles. The van der Waals surface area contributed by atoms with Crippen LogP contribution in [0, 0.1) is 17.8 Å². The summed E-state index contributed by atoms with van der Waals surface area (Å²) in [4.78, 5) is 0. The molecule has 0 aromatic carbocycles. The molecule has 0 bridgehead atoms. The van der Waals surface area contributed by atoms with E-state index in [1.807, 2.05) is 0 Å². The third-order valence-electron chi connectivity index (χ3n) is 4.41. The molecule has 0 radical (unpaired) electrons. The summed E-state index contributed by atoms with van der Waals surface area (Å²) in [5.74, 6) is 3.25. The van der Waals surface area contributed by atoms with Crippen LogP contribution in [0.1, 0.15) is 45.4 Å². The van der Waals surface area contributed by atoms with Crippen molar-refractivity contribution in [2.24, 2.45) is 17.8 Å². The number of hydrogen-bond acceptors (Lipinski definition) is 1. The minimum Gasteiger partial charge on any atom is -0.311 e. The van der Waals surface area contributed by atoms with Crippen LogP contribution in [0.25, 0.3) is 0 Å². The van der Waals surface area contributed by atoms with Gasteiger partial charge in [-0.1, -0.05) is 6.92 Å². The Morgan fingerprint density at radius 1 is 0.846 bits per heavy atom. The molecular weight excluding hydrogens is 158 g/mol. The second-order valence-corrected chi connectivity index (χ2v) is 5.71. The van der Waals surface area contributed by atoms with E-state index in [0.717, 1.165) is 29.8 Å². The van der Waals surface area contributed by atoms with Crippen molar-refractivity contribution in [1.82, 2.24) is 5.32 Å². The topological polar surface area (TPSA) is 12.0 Å². The maximum Gasteiger partial charge on any atom is 0.00751 e. The molecule has 4 atom stereocenters. The molecule has 13 heavy (non-hydrogen) atoms. The SMILES string of the molecule is CC1CCC(NC2CC3CC3C2)C1. The van der Waals surface area contributed by atoms with E-state index in [2.05, 4.69) is 12.2 Å². The summed E-state index contributed by atoms with van der Waals surface area (Å²) in [7, 11) is 0. The molecule has 0 saturated heterocycles. The van der Waals surface area contributed by atoms with Crippen LogP contribution in [0.2, 0.25) is 0 Å². The van der Waals surface area contributed by atoms with Gasteiger partial charge < -0.3 is 5.32 Å². The van der Waals surface area contributed by atoms with E-state index in [9.17, 15) is 0 Å². The molecule has 0 aliphatic heterocycles. The number of rotatable bonds is 2. The highest BCUT2D eigenvalue weighted by molar-refractivity contribution is 4.99. The van der Waals surface area contributed by atoms with Crippen molar-refractivity contribution >= 4 is 0 Å². The van der Waals surface area contributed by atoms with Crippen LogP contribution >= 0.6 is 0 Å². The minimum absolute atomic E-state index is 0.873. The molecule has 1 nitrogen and oxygen atoms in total. The summed E-state index contributed by atoms with van der Waals surface area (Å²) in [6.07, 6.45) is 8.88. The molecule has 0 aromatic rings. The Morgan fingerprint density at radius 2 is 1.62 bits per heavy atom. The van der Waals surface area contributed by atoms with Gasteiger partial charge in [-0.25, -0.2) is 0 Å². The van der Waals surface area contributed by atoms with Gasteiger partial charge in [0.05, 0.1) is 0 Å². The standard InChI is InChI=1S/C12H21N/c1-8-2-3-11(4-8)13-12-6-9-5-10(9)7-12/h8-13H,2-7H2,1H3. The lowest BCUT2D eigenvalue weighted by Crippen LogP contribution is -2.35. The highest BCUT2D eigenvalue weighted by atomic mass is 15.0. The van der Waals surface area contributed by atoms with Crippen molar-refractivity contribution < 1.29 is 0 Å². The van der Waals surface area contributed by atoms with Gasteiger partial charge in [0.2, 0.25) is 0 Å². The van der Waals surface area contributed by atoms with E-state index in [0.29, 0.717) is 0 Å². The molecule has 3 aliphatic rings. The molecule has 1 heteroatoms. The minimum atomic E-state index is 0.873. The predicted octanol–water partition coefficient (Wildman–Crippen LogP) is 2.56. The Balaban J connectivity index is 1.47. The summed E-state index contributed by atoms with van der Waals surface area (Å²) in [5, 5.41) is 3.87. The van der Waals surface area contributed by atoms with Gasteiger partial charge in [0, 0.05) is 12.1 Å². The first-order valence-electron chi connectivity index (χ1n) is 6.07. The lowest BCUT2D eigenvalue weighted by atomic mass is 10.1. The smallest absolute Gasteiger partial charge is 0.00751 e. The Morgan fingerprint density at radius 3 is 2.23 bits per heavy atom. The first kappa shape index (κ1) is 8.28. The van der Waals surface area contributed by atoms with Gasteiger partial charge in [-0.3, -0.25) is 0 Å². The van der Waals surface area contributed by atoms with Crippen LogP contribution in [-0.2, 0) is 0 Å². The second-order valence-electron chi connectivity index (χ2n) is 5.71. The first-order valence-corrected chi connectivity index (χ1v) is 6.07. The van der Waals surface area contributed by atoms with E-state index in [1.165, 1.54) is 32.1 Å². The van der Waals surface area contributed by atoms with Crippen molar-refractivity contribution in [3.63, 3.8) is 0 Å². The first-order chi connectivity index (χ1) is 6.31. The highest BCUT2D eigenvalue weighted by Crippen LogP contribution is 2.51. The molecule has 3 aliphatic carbocycles. The largest absolute Gasteiger partial charge is 0.311 e. The lowest BCUT2D eigenvalue weighted by Gasteiger charge is -2.19. The lowest BCUT2D eigenvalue weighted by molar-refractivity contribution is 0.403. The Hall–Kier alpha value is -0.0400. The molecule has 3 rings (SSSR count). The Labute approximate surface area is 81.3 Å². The fourth-order valence-electron chi connectivity index (χ4n) is 3.54. The van der Waals surface area contributed by atoms with Crippen molar-refractivity contribution in [2.75, 3.05) is 0 Å². The van der Waals surface area contributed by atoms with E-state index in [1.54, 1.807) is 6.42 Å². The molecule has 4 unspecified atom stereocenters. The van der Waals surface area contributed by atoms with Crippen LogP contribution in [0.4, 0.5) is 0 Å². The van der Waals surface area contributed by atoms with Crippen LogP contribution in [-0.4, -0.2) is 12.1 Å². The van der Waals surface area contributed by atoms with E-state index in [-0.39, 0.29) is 0 Å². The molecular formula is C12H21N. The summed E-state index contributed by atoms with van der Waals surface area (Å²) >= 11 is 0. The van der Waals surface area contributed by atoms with Gasteiger partial charge in [-0.2, -0.15) is 0 Å². The summed E-state index contributed by atoms with van der Waals surface area (Å²) in [6.45, 7) is 2.40. The average Bonchev–Trinajstić information content (AvgIpc) is 2.55. The van der Waals surface area contributed by atoms with Crippen LogP contribution < -0.4 is 5.32 Å². The molecule has 1 N–H and O–H groups in total. The van der Waals surface area contributed by atoms with Gasteiger partial charge in [-0.15, -0.1) is 0 Å². The van der Waals surface area contributed by atoms with Gasteiger partial charge in [0.15, 0.2) is 0 Å². The Kier molecular flexibility index (Phi) is 1.90. The average molecular weight is 179 g/mol. The van der Waals surface area contributed by atoms with Crippen LogP contribution in [0.15, 0.2) is 0 Å². The van der Waals surface area contributed by atoms with E-state index in [4.69, 9.17) is 0 Å². The van der Waals surface area contributed by atoms with Crippen molar-refractivity contribution in [3.05, 3.63) is 0 Å². The van der Waals surface area contributed by atoms with Crippen molar-refractivity contribution in [1.29, 1.82) is 0 Å². The van der Waals surface area contributed by atoms with Gasteiger partial charge >= 0.3 is 0 Å². The number of fused-ring (bicyclic) bond motifs is 1. The quantitative estimate of drug-likeness (QED) is 0.687. The van der Waals surface area contributed by atoms with Crippen molar-refractivity contribution in [3.8, 4) is 0 Å². The summed E-state index contributed by atoms with van der Waals surface area (Å²) in [5.41, 5.74) is 0. The highest BCUT2D eigenvalue weighted by Gasteiger charge is 2.46. The van der Waals surface area contributed by atoms with Crippen LogP contribution in [0.3, 0.4) is 0 Å². The normalized spacial score (nSPS) is 53.8. The zero-order valence-corrected chi connectivity index (χ0v) is 8.63. The predicted molar refractivity (Wildman–Crippen MR) is 54.6 cm³/mol. The second kappa shape index (κ2) is 2.98. The van der Waals surface area contributed by atoms with Gasteiger partial charge in [0.25, 0.3) is 0 Å². The molecule has 0 spiro atoms. The summed E-state index contributed by atoms with van der Waals surface area (Å²) < 4.78 is 0. The third-order valence-corrected chi connectivity index (χ3v) is 4.41.